The van der Waals surface area contributed by atoms with Crippen molar-refractivity contribution in [2.75, 3.05) is 0 Å². The van der Waals surface area contributed by atoms with Crippen LogP contribution in [-0.2, 0) is 12.8 Å². The highest BCUT2D eigenvalue weighted by atomic mass is 32.1. The smallest absolute Gasteiger partial charge is 0.328 e. The molecule has 10 heteroatoms. The number of aromatic nitrogens is 4. The van der Waals surface area contributed by atoms with E-state index < -0.39 is 13.7 Å². The van der Waals surface area contributed by atoms with Gasteiger partial charge in [-0.2, -0.15) is 10.5 Å². The number of nitrogens with zero attached hydrogens (tertiary/aromatic N) is 6. The van der Waals surface area contributed by atoms with E-state index in [2.05, 4.69) is 216 Å². The van der Waals surface area contributed by atoms with Crippen LogP contribution in [-0.4, -0.2) is 32.6 Å². The zero-order chi connectivity index (χ0) is 49.3. The zero-order valence-electron chi connectivity index (χ0n) is 39.9. The van der Waals surface area contributed by atoms with Gasteiger partial charge in [-0.3, -0.25) is 0 Å². The molecule has 12 aromatic rings. The van der Waals surface area contributed by atoms with Crippen molar-refractivity contribution in [1.29, 1.82) is 10.5 Å². The number of benzene rings is 8. The number of thiazole rings is 2. The van der Waals surface area contributed by atoms with E-state index >= 15 is 0 Å². The van der Waals surface area contributed by atoms with Gasteiger partial charge in [0.15, 0.2) is 0 Å². The minimum absolute atomic E-state index is 0.411. The third-order valence-corrected chi connectivity index (χ3v) is 16.0. The van der Waals surface area contributed by atoms with Crippen molar-refractivity contribution < 1.29 is 0 Å². The molecule has 0 unspecified atom stereocenters. The van der Waals surface area contributed by atoms with Crippen molar-refractivity contribution in [3.63, 3.8) is 0 Å². The molecular formula is C63H44B2N6S2. The van der Waals surface area contributed by atoms with Gasteiger partial charge in [-0.05, 0) is 55.2 Å². The third kappa shape index (κ3) is 8.27. The van der Waals surface area contributed by atoms with Gasteiger partial charge in [0.25, 0.3) is 0 Å². The van der Waals surface area contributed by atoms with E-state index in [0.29, 0.717) is 34.0 Å². The van der Waals surface area contributed by atoms with Gasteiger partial charge >= 0.3 is 13.7 Å². The molecule has 0 bridgehead atoms. The average Bonchev–Trinajstić information content (AvgIpc) is 4.23. The Kier molecular flexibility index (Phi) is 12.3. The summed E-state index contributed by atoms with van der Waals surface area (Å²) < 4.78 is 6.86. The minimum Gasteiger partial charge on any atom is -0.378 e. The molecule has 0 spiro atoms. The first-order chi connectivity index (χ1) is 36.1. The Hall–Kier alpha value is -8.79. The number of aryl methyl sites for hydroxylation is 3. The van der Waals surface area contributed by atoms with Gasteiger partial charge in [-0.25, -0.2) is 9.97 Å². The van der Waals surface area contributed by atoms with Crippen LogP contribution in [0.2, 0.25) is 0 Å². The molecule has 4 heterocycles. The second-order valence-electron chi connectivity index (χ2n) is 18.2. The van der Waals surface area contributed by atoms with Crippen LogP contribution in [0.1, 0.15) is 26.8 Å². The molecule has 4 aromatic heterocycles. The van der Waals surface area contributed by atoms with Gasteiger partial charge in [-0.1, -0.05) is 222 Å². The lowest BCUT2D eigenvalue weighted by Crippen LogP contribution is -2.54. The van der Waals surface area contributed by atoms with Crippen molar-refractivity contribution in [1.82, 2.24) is 18.9 Å². The molecule has 0 saturated heterocycles. The number of para-hydroxylation sites is 2. The number of nitriles is 2. The fourth-order valence-corrected chi connectivity index (χ4v) is 12.6. The third-order valence-electron chi connectivity index (χ3n) is 13.8. The first-order valence-electron chi connectivity index (χ1n) is 24.5. The number of hydrogen-bond acceptors (Lipinski definition) is 6. The van der Waals surface area contributed by atoms with Crippen LogP contribution in [0.5, 0.6) is 0 Å². The van der Waals surface area contributed by atoms with Crippen LogP contribution >= 0.6 is 22.7 Å². The van der Waals surface area contributed by atoms with Crippen LogP contribution in [0.4, 0.5) is 0 Å². The molecule has 73 heavy (non-hydrogen) atoms. The number of fused-ring (bicyclic) bond motifs is 3. The van der Waals surface area contributed by atoms with Gasteiger partial charge in [0.1, 0.15) is 33.3 Å². The van der Waals surface area contributed by atoms with Crippen molar-refractivity contribution in [3.05, 3.63) is 262 Å². The summed E-state index contributed by atoms with van der Waals surface area (Å²) in [6.07, 6.45) is 1.26. The van der Waals surface area contributed by atoms with Gasteiger partial charge in [0.2, 0.25) is 0 Å². The van der Waals surface area contributed by atoms with Crippen LogP contribution < -0.4 is 32.5 Å². The maximum absolute atomic E-state index is 12.1. The molecule has 12 rings (SSSR count). The van der Waals surface area contributed by atoms with Gasteiger partial charge in [0, 0.05) is 27.7 Å². The fourth-order valence-electron chi connectivity index (χ4n) is 10.7. The molecule has 0 saturated carbocycles. The Morgan fingerprint density at radius 1 is 0.452 bits per heavy atom. The second-order valence-corrected chi connectivity index (χ2v) is 20.2. The minimum atomic E-state index is -0.438. The molecule has 0 N–H and O–H groups in total. The van der Waals surface area contributed by atoms with Crippen LogP contribution in [0.25, 0.3) is 53.6 Å². The molecule has 0 aliphatic carbocycles. The van der Waals surface area contributed by atoms with Gasteiger partial charge in [0.05, 0.1) is 31.1 Å². The molecule has 6 nitrogen and oxygen atoms in total. The maximum Gasteiger partial charge on any atom is 0.328 e. The lowest BCUT2D eigenvalue weighted by Gasteiger charge is -2.24. The monoisotopic (exact) mass is 970 g/mol. The molecule has 0 fully saturated rings. The molecule has 8 aromatic carbocycles. The summed E-state index contributed by atoms with van der Waals surface area (Å²) in [6, 6.07) is 83.5. The molecule has 0 aliphatic rings. The molecule has 0 aliphatic heterocycles. The topological polar surface area (TPSA) is 83.2 Å². The van der Waals surface area contributed by atoms with E-state index in [1.54, 1.807) is 0 Å². The second kappa shape index (κ2) is 19.8. The normalized spacial score (nSPS) is 12.2. The Balaban J connectivity index is 1.42. The first-order valence-corrected chi connectivity index (χ1v) is 26.1. The van der Waals surface area contributed by atoms with Crippen molar-refractivity contribution >= 4 is 101 Å². The Labute approximate surface area is 432 Å². The average molecular weight is 971 g/mol. The highest BCUT2D eigenvalue weighted by Crippen LogP contribution is 2.36. The van der Waals surface area contributed by atoms with Crippen molar-refractivity contribution in [2.45, 2.75) is 19.8 Å². The van der Waals surface area contributed by atoms with E-state index in [0.717, 1.165) is 86.3 Å². The first kappa shape index (κ1) is 45.4. The Bertz CT molecular complexity index is 3950. The van der Waals surface area contributed by atoms with Crippen LogP contribution in [0.3, 0.4) is 0 Å². The highest BCUT2D eigenvalue weighted by Gasteiger charge is 2.37. The molecule has 0 atom stereocenters. The maximum atomic E-state index is 12.1. The van der Waals surface area contributed by atoms with E-state index in [4.69, 9.17) is 9.97 Å². The highest BCUT2D eigenvalue weighted by molar-refractivity contribution is 7.20. The van der Waals surface area contributed by atoms with Crippen molar-refractivity contribution in [2.24, 2.45) is 0 Å². The SMILES string of the molecule is Cc1ccccc1-c1c2/c(=C(\C#N)c3nc4ccccc4s3)n(B(c3ccccc3)c3ccccc3)c(CCc3ccccc3)c2/c(=C(\C#N)c2nc3ccccc3s2)n1B(c1ccccc1)c1ccccc1. The predicted octanol–water partition coefficient (Wildman–Crippen LogP) is 10.2. The lowest BCUT2D eigenvalue weighted by atomic mass is 9.50. The Morgan fingerprint density at radius 2 is 0.849 bits per heavy atom. The predicted molar refractivity (Wildman–Crippen MR) is 305 cm³/mol. The molecular weight excluding hydrogens is 926 g/mol. The lowest BCUT2D eigenvalue weighted by molar-refractivity contribution is 0.893. The molecule has 0 radical (unpaired) electrons. The summed E-state index contributed by atoms with van der Waals surface area (Å²) in [5.41, 5.74) is 11.9. The summed E-state index contributed by atoms with van der Waals surface area (Å²) in [4.78, 5) is 10.6. The van der Waals surface area contributed by atoms with Crippen LogP contribution in [0, 0.1) is 29.6 Å². The van der Waals surface area contributed by atoms with Crippen LogP contribution in [0.15, 0.2) is 224 Å². The van der Waals surface area contributed by atoms with E-state index in [-0.39, 0.29) is 0 Å². The summed E-state index contributed by atoms with van der Waals surface area (Å²) in [6.45, 7) is 1.31. The fraction of sp³-hybridized carbons (Fsp3) is 0.0476. The van der Waals surface area contributed by atoms with E-state index in [1.165, 1.54) is 28.2 Å². The summed E-state index contributed by atoms with van der Waals surface area (Å²) in [7, 11) is 0. The molecule has 344 valence electrons. The van der Waals surface area contributed by atoms with Gasteiger partial charge < -0.3 is 8.96 Å². The molecule has 0 amide bonds. The largest absolute Gasteiger partial charge is 0.378 e. The van der Waals surface area contributed by atoms with E-state index in [1.807, 2.05) is 36.4 Å². The number of rotatable bonds is 12. The Morgan fingerprint density at radius 3 is 1.30 bits per heavy atom. The zero-order valence-corrected chi connectivity index (χ0v) is 41.6. The van der Waals surface area contributed by atoms with Gasteiger partial charge in [-0.15, -0.1) is 22.7 Å². The summed E-state index contributed by atoms with van der Waals surface area (Å²) >= 11 is 3.07. The number of hydrogen-bond donors (Lipinski definition) is 0. The summed E-state index contributed by atoms with van der Waals surface area (Å²) in [5, 5.41) is 28.8. The van der Waals surface area contributed by atoms with E-state index in [9.17, 15) is 10.5 Å². The van der Waals surface area contributed by atoms with Crippen molar-refractivity contribution in [3.8, 4) is 23.4 Å². The standard InChI is InChI=1S/C63H44B2N6S2/c1-43-23-17-18-34-49(43)59-58-57(60(50(41-66)62-68-52-35-19-21-37-55(52)72-62)71(59)65(47-30-13-5-14-31-47)48-32-15-6-16-33-48)54(40-39-44-24-7-2-8-25-44)70(64(45-26-9-3-10-27-45)46-28-11-4-12-29-46)61(58)51(42-67)63-69-53-36-20-22-38-56(53)73-63/h2-38H,39-40H2,1H3/b60-50-,61-51-. The summed E-state index contributed by atoms with van der Waals surface area (Å²) in [5.74, 6) is 0. The quantitative estimate of drug-likeness (QED) is 0.114.